The van der Waals surface area contributed by atoms with E-state index in [1.807, 2.05) is 0 Å². The van der Waals surface area contributed by atoms with E-state index in [4.69, 9.17) is 9.84 Å². The van der Waals surface area contributed by atoms with Crippen molar-refractivity contribution in [2.24, 2.45) is 0 Å². The molecule has 2 aromatic rings. The Bertz CT molecular complexity index is 645. The van der Waals surface area contributed by atoms with Crippen molar-refractivity contribution in [3.05, 3.63) is 48.5 Å². The molecule has 2 N–H and O–H groups in total. The molecule has 5 nitrogen and oxygen atoms in total. The second-order valence-corrected chi connectivity index (χ2v) is 6.40. The van der Waals surface area contributed by atoms with E-state index < -0.39 is 0 Å². The Morgan fingerprint density at radius 1 is 0.615 bits per heavy atom. The number of ether oxygens (including phenoxy) is 1. The van der Waals surface area contributed by atoms with Gasteiger partial charge in [-0.2, -0.15) is 0 Å². The highest BCUT2D eigenvalue weighted by Crippen LogP contribution is 2.47. The van der Waals surface area contributed by atoms with E-state index in [1.54, 1.807) is 0 Å². The van der Waals surface area contributed by atoms with Gasteiger partial charge in [0.25, 0.3) is 0 Å². The Labute approximate surface area is 155 Å². The van der Waals surface area contributed by atoms with Crippen molar-refractivity contribution in [2.75, 3.05) is 49.3 Å². The van der Waals surface area contributed by atoms with Crippen molar-refractivity contribution >= 4 is 22.7 Å². The van der Waals surface area contributed by atoms with Gasteiger partial charge in [0.05, 0.1) is 22.7 Å². The minimum Gasteiger partial charge on any atom is -0.396 e. The molecule has 0 fully saturated rings. The molecule has 26 heavy (non-hydrogen) atoms. The molecule has 0 amide bonds. The van der Waals surface area contributed by atoms with Crippen LogP contribution in [0.1, 0.15) is 19.3 Å². The fourth-order valence-corrected chi connectivity index (χ4v) is 3.40. The molecule has 0 atom stereocenters. The minimum atomic E-state index is 0.177. The van der Waals surface area contributed by atoms with E-state index in [1.165, 1.54) is 22.7 Å². The van der Waals surface area contributed by atoms with Gasteiger partial charge >= 0.3 is 0 Å². The molecule has 3 rings (SSSR count). The lowest BCUT2D eigenvalue weighted by molar-refractivity contribution is 0.115. The summed E-state index contributed by atoms with van der Waals surface area (Å²) in [6, 6.07) is 16.9. The van der Waals surface area contributed by atoms with Crippen molar-refractivity contribution in [3.8, 4) is 0 Å². The number of hydrogen-bond acceptors (Lipinski definition) is 5. The number of rotatable bonds is 10. The molecule has 0 saturated carbocycles. The van der Waals surface area contributed by atoms with Gasteiger partial charge in [-0.15, -0.1) is 0 Å². The largest absolute Gasteiger partial charge is 0.396 e. The van der Waals surface area contributed by atoms with Crippen LogP contribution in [0.5, 0.6) is 0 Å². The second kappa shape index (κ2) is 9.57. The van der Waals surface area contributed by atoms with Crippen LogP contribution < -0.4 is 9.80 Å². The van der Waals surface area contributed by atoms with E-state index in [-0.39, 0.29) is 13.2 Å². The molecular formula is C21H28N2O3. The van der Waals surface area contributed by atoms with Crippen LogP contribution >= 0.6 is 0 Å². The number of para-hydroxylation sites is 4. The quantitative estimate of drug-likeness (QED) is 0.639. The standard InChI is InChI=1S/C21H28N2O3/c24-14-5-12-22-18-8-1-3-10-20(18)23(13-6-16-26-17-7-15-25)21-11-4-2-9-19(21)22/h1-4,8-11,24-25H,5-7,12-17H2. The van der Waals surface area contributed by atoms with Gasteiger partial charge in [-0.1, -0.05) is 24.3 Å². The summed E-state index contributed by atoms with van der Waals surface area (Å²) >= 11 is 0. The Hall–Kier alpha value is -2.08. The third-order valence-corrected chi connectivity index (χ3v) is 4.58. The molecule has 0 spiro atoms. The van der Waals surface area contributed by atoms with Crippen LogP contribution in [0.4, 0.5) is 22.7 Å². The molecule has 1 aliphatic rings. The number of hydrogen-bond donors (Lipinski definition) is 2. The Balaban J connectivity index is 1.80. The predicted octanol–water partition coefficient (Wildman–Crippen LogP) is 3.45. The molecule has 140 valence electrons. The number of fused-ring (bicyclic) bond motifs is 2. The number of anilines is 4. The van der Waals surface area contributed by atoms with Crippen LogP contribution in [0.25, 0.3) is 0 Å². The predicted molar refractivity (Wildman–Crippen MR) is 106 cm³/mol. The SMILES string of the molecule is OCCCOCCCN1c2ccccc2N(CCCO)c2ccccc21. The van der Waals surface area contributed by atoms with Crippen LogP contribution in [0.15, 0.2) is 48.5 Å². The zero-order valence-electron chi connectivity index (χ0n) is 15.2. The van der Waals surface area contributed by atoms with Crippen LogP contribution in [0.2, 0.25) is 0 Å². The number of nitrogens with zero attached hydrogens (tertiary/aromatic N) is 2. The third-order valence-electron chi connectivity index (χ3n) is 4.58. The second-order valence-electron chi connectivity index (χ2n) is 6.40. The third kappa shape index (κ3) is 4.18. The molecule has 1 heterocycles. The average Bonchev–Trinajstić information content (AvgIpc) is 2.69. The lowest BCUT2D eigenvalue weighted by Crippen LogP contribution is -2.31. The van der Waals surface area contributed by atoms with Gasteiger partial charge in [0.15, 0.2) is 0 Å². The lowest BCUT2D eigenvalue weighted by Gasteiger charge is -2.40. The lowest BCUT2D eigenvalue weighted by atomic mass is 10.1. The Morgan fingerprint density at radius 3 is 1.50 bits per heavy atom. The fraction of sp³-hybridized carbons (Fsp3) is 0.429. The summed E-state index contributed by atoms with van der Waals surface area (Å²) < 4.78 is 5.59. The first kappa shape index (κ1) is 18.7. The van der Waals surface area contributed by atoms with Gasteiger partial charge in [0, 0.05) is 39.5 Å². The monoisotopic (exact) mass is 356 g/mol. The number of aliphatic hydroxyl groups excluding tert-OH is 2. The fourth-order valence-electron chi connectivity index (χ4n) is 3.40. The zero-order chi connectivity index (χ0) is 18.2. The molecule has 0 saturated heterocycles. The first-order chi connectivity index (χ1) is 12.9. The normalized spacial score (nSPS) is 12.8. The van der Waals surface area contributed by atoms with Gasteiger partial charge in [-0.3, -0.25) is 0 Å². The van der Waals surface area contributed by atoms with Gasteiger partial charge < -0.3 is 24.7 Å². The van der Waals surface area contributed by atoms with E-state index >= 15 is 0 Å². The zero-order valence-corrected chi connectivity index (χ0v) is 15.2. The summed E-state index contributed by atoms with van der Waals surface area (Å²) in [5.74, 6) is 0. The van der Waals surface area contributed by atoms with E-state index in [9.17, 15) is 5.11 Å². The van der Waals surface area contributed by atoms with Crippen molar-refractivity contribution in [2.45, 2.75) is 19.3 Å². The van der Waals surface area contributed by atoms with E-state index in [2.05, 4.69) is 58.3 Å². The molecule has 5 heteroatoms. The first-order valence-corrected chi connectivity index (χ1v) is 9.39. The van der Waals surface area contributed by atoms with E-state index in [0.29, 0.717) is 19.6 Å². The molecule has 2 aromatic carbocycles. The number of aliphatic hydroxyl groups is 2. The van der Waals surface area contributed by atoms with Crippen LogP contribution in [0, 0.1) is 0 Å². The molecule has 0 aliphatic carbocycles. The highest BCUT2D eigenvalue weighted by Gasteiger charge is 2.27. The maximum atomic E-state index is 9.28. The summed E-state index contributed by atoms with van der Waals surface area (Å²) in [6.45, 7) is 3.34. The highest BCUT2D eigenvalue weighted by molar-refractivity contribution is 5.93. The van der Waals surface area contributed by atoms with Gasteiger partial charge in [-0.05, 0) is 43.5 Å². The van der Waals surface area contributed by atoms with Crippen LogP contribution in [-0.2, 0) is 4.74 Å². The minimum absolute atomic E-state index is 0.177. The van der Waals surface area contributed by atoms with Crippen LogP contribution in [0.3, 0.4) is 0 Å². The highest BCUT2D eigenvalue weighted by atomic mass is 16.5. The molecular weight excluding hydrogens is 328 g/mol. The summed E-state index contributed by atoms with van der Waals surface area (Å²) in [5, 5.41) is 18.1. The average molecular weight is 356 g/mol. The van der Waals surface area contributed by atoms with Gasteiger partial charge in [0.2, 0.25) is 0 Å². The molecule has 1 aliphatic heterocycles. The summed E-state index contributed by atoms with van der Waals surface area (Å²) in [6.07, 6.45) is 2.35. The maximum absolute atomic E-state index is 9.28. The van der Waals surface area contributed by atoms with Gasteiger partial charge in [0.1, 0.15) is 0 Å². The smallest absolute Gasteiger partial charge is 0.0652 e. The van der Waals surface area contributed by atoms with Crippen molar-refractivity contribution in [1.29, 1.82) is 0 Å². The molecule has 0 radical (unpaired) electrons. The maximum Gasteiger partial charge on any atom is 0.0652 e. The van der Waals surface area contributed by atoms with Crippen LogP contribution in [-0.4, -0.2) is 49.7 Å². The van der Waals surface area contributed by atoms with Crippen molar-refractivity contribution in [3.63, 3.8) is 0 Å². The molecule has 0 aromatic heterocycles. The molecule has 0 unspecified atom stereocenters. The van der Waals surface area contributed by atoms with Crippen molar-refractivity contribution < 1.29 is 14.9 Å². The Kier molecular flexibility index (Phi) is 6.89. The number of benzene rings is 2. The Morgan fingerprint density at radius 2 is 1.04 bits per heavy atom. The summed E-state index contributed by atoms with van der Waals surface area (Å²) in [7, 11) is 0. The first-order valence-electron chi connectivity index (χ1n) is 9.39. The topological polar surface area (TPSA) is 56.2 Å². The summed E-state index contributed by atoms with van der Waals surface area (Å²) in [5.41, 5.74) is 4.75. The van der Waals surface area contributed by atoms with Crippen molar-refractivity contribution in [1.82, 2.24) is 0 Å². The molecule has 0 bridgehead atoms. The van der Waals surface area contributed by atoms with Gasteiger partial charge in [-0.25, -0.2) is 0 Å². The summed E-state index contributed by atoms with van der Waals surface area (Å²) in [4.78, 5) is 4.66. The van der Waals surface area contributed by atoms with E-state index in [0.717, 1.165) is 25.9 Å².